The molecule has 1 aromatic rings. The Morgan fingerprint density at radius 3 is 3.15 bits per heavy atom. The second-order valence-electron chi connectivity index (χ2n) is 2.37. The van der Waals surface area contributed by atoms with Gasteiger partial charge in [-0.1, -0.05) is 5.16 Å². The van der Waals surface area contributed by atoms with Gasteiger partial charge in [-0.15, -0.1) is 0 Å². The zero-order chi connectivity index (χ0) is 9.68. The summed E-state index contributed by atoms with van der Waals surface area (Å²) in [6.07, 6.45) is 0.354. The average Bonchev–Trinajstić information content (AvgIpc) is 2.54. The molecule has 0 saturated heterocycles. The highest BCUT2D eigenvalue weighted by Gasteiger charge is 2.12. The van der Waals surface area contributed by atoms with E-state index in [1.54, 1.807) is 6.92 Å². The third-order valence-corrected chi connectivity index (χ3v) is 1.40. The van der Waals surface area contributed by atoms with Gasteiger partial charge in [0.15, 0.2) is 5.69 Å². The third kappa shape index (κ3) is 2.55. The van der Waals surface area contributed by atoms with E-state index in [2.05, 4.69) is 5.16 Å². The molecule has 0 unspecified atom stereocenters. The molecule has 0 bridgehead atoms. The topological polar surface area (TPSA) is 72.6 Å². The highest BCUT2D eigenvalue weighted by Crippen LogP contribution is 2.05. The van der Waals surface area contributed by atoms with Crippen molar-refractivity contribution < 1.29 is 19.2 Å². The first-order valence-corrected chi connectivity index (χ1v) is 4.01. The van der Waals surface area contributed by atoms with Crippen LogP contribution in [0, 0.1) is 0 Å². The van der Waals surface area contributed by atoms with Crippen LogP contribution in [-0.4, -0.2) is 29.4 Å². The Morgan fingerprint density at radius 2 is 2.54 bits per heavy atom. The number of carbonyl (C=O) groups excluding carboxylic acids is 1. The molecular weight excluding hydrogens is 174 g/mol. The summed E-state index contributed by atoms with van der Waals surface area (Å²) in [7, 11) is 0. The van der Waals surface area contributed by atoms with Crippen LogP contribution in [-0.2, 0) is 11.2 Å². The highest BCUT2D eigenvalue weighted by atomic mass is 16.5. The van der Waals surface area contributed by atoms with Crippen molar-refractivity contribution in [2.75, 3.05) is 13.2 Å². The molecule has 1 rings (SSSR count). The molecule has 5 nitrogen and oxygen atoms in total. The Kier molecular flexibility index (Phi) is 3.45. The van der Waals surface area contributed by atoms with E-state index >= 15 is 0 Å². The van der Waals surface area contributed by atoms with Gasteiger partial charge in [0, 0.05) is 12.5 Å². The van der Waals surface area contributed by atoms with Gasteiger partial charge in [0.05, 0.1) is 13.2 Å². The van der Waals surface area contributed by atoms with Gasteiger partial charge >= 0.3 is 5.97 Å². The maximum absolute atomic E-state index is 11.1. The molecule has 0 atom stereocenters. The van der Waals surface area contributed by atoms with E-state index in [9.17, 15) is 4.79 Å². The van der Waals surface area contributed by atoms with Crippen LogP contribution in [0.2, 0.25) is 0 Å². The molecule has 1 aromatic heterocycles. The van der Waals surface area contributed by atoms with E-state index in [0.717, 1.165) is 0 Å². The molecule has 5 heteroatoms. The summed E-state index contributed by atoms with van der Waals surface area (Å²) in [6, 6.07) is 1.47. The summed E-state index contributed by atoms with van der Waals surface area (Å²) in [5.41, 5.74) is 0.144. The van der Waals surface area contributed by atoms with Crippen molar-refractivity contribution in [3.05, 3.63) is 17.5 Å². The number of ether oxygens (including phenoxy) is 1. The highest BCUT2D eigenvalue weighted by molar-refractivity contribution is 5.87. The molecule has 0 radical (unpaired) electrons. The minimum atomic E-state index is -0.504. The van der Waals surface area contributed by atoms with Crippen LogP contribution >= 0.6 is 0 Å². The number of rotatable bonds is 4. The van der Waals surface area contributed by atoms with Crippen LogP contribution in [0.4, 0.5) is 0 Å². The van der Waals surface area contributed by atoms with Crippen molar-refractivity contribution in [1.82, 2.24) is 5.16 Å². The first-order chi connectivity index (χ1) is 6.27. The molecule has 1 heterocycles. The van der Waals surface area contributed by atoms with E-state index in [4.69, 9.17) is 14.4 Å². The number of aliphatic hydroxyl groups excluding tert-OH is 1. The zero-order valence-electron chi connectivity index (χ0n) is 7.32. The van der Waals surface area contributed by atoms with Gasteiger partial charge < -0.3 is 14.4 Å². The van der Waals surface area contributed by atoms with Crippen molar-refractivity contribution in [2.24, 2.45) is 0 Å². The number of esters is 1. The summed E-state index contributed by atoms with van der Waals surface area (Å²) < 4.78 is 9.46. The fourth-order valence-electron chi connectivity index (χ4n) is 0.842. The number of aromatic nitrogens is 1. The Balaban J connectivity index is 2.62. The number of carbonyl (C=O) groups is 1. The molecule has 0 spiro atoms. The molecule has 0 aliphatic heterocycles. The van der Waals surface area contributed by atoms with Crippen molar-refractivity contribution >= 4 is 5.97 Å². The summed E-state index contributed by atoms with van der Waals surface area (Å²) in [5.74, 6) is -0.0269. The maximum atomic E-state index is 11.1. The lowest BCUT2D eigenvalue weighted by Gasteiger charge is -1.94. The van der Waals surface area contributed by atoms with Crippen LogP contribution in [0.1, 0.15) is 23.2 Å². The Bertz CT molecular complexity index is 281. The van der Waals surface area contributed by atoms with E-state index in [0.29, 0.717) is 18.8 Å². The number of nitrogens with zero attached hydrogens (tertiary/aromatic N) is 1. The minimum absolute atomic E-state index is 0.0303. The first-order valence-electron chi connectivity index (χ1n) is 4.01. The van der Waals surface area contributed by atoms with Crippen molar-refractivity contribution in [1.29, 1.82) is 0 Å². The molecular formula is C8H11NO4. The first kappa shape index (κ1) is 9.73. The SMILES string of the molecule is CCOC(=O)c1cc(CCO)on1. The largest absolute Gasteiger partial charge is 0.461 e. The number of hydrogen-bond donors (Lipinski definition) is 1. The average molecular weight is 185 g/mol. The van der Waals surface area contributed by atoms with Crippen molar-refractivity contribution in [3.8, 4) is 0 Å². The second-order valence-corrected chi connectivity index (χ2v) is 2.37. The molecule has 0 saturated carbocycles. The summed E-state index contributed by atoms with van der Waals surface area (Å²) >= 11 is 0. The Labute approximate surface area is 75.3 Å². The summed E-state index contributed by atoms with van der Waals surface area (Å²) in [4.78, 5) is 11.1. The number of hydrogen-bond acceptors (Lipinski definition) is 5. The summed E-state index contributed by atoms with van der Waals surface area (Å²) in [5, 5.41) is 12.1. The summed E-state index contributed by atoms with van der Waals surface area (Å²) in [6.45, 7) is 1.99. The van der Waals surface area contributed by atoms with Gasteiger partial charge in [-0.3, -0.25) is 0 Å². The van der Waals surface area contributed by atoms with Crippen LogP contribution in [0.25, 0.3) is 0 Å². The Hall–Kier alpha value is -1.36. The third-order valence-electron chi connectivity index (χ3n) is 1.40. The predicted molar refractivity (Wildman–Crippen MR) is 43.2 cm³/mol. The lowest BCUT2D eigenvalue weighted by molar-refractivity contribution is 0.0514. The number of aliphatic hydroxyl groups is 1. The van der Waals surface area contributed by atoms with Gasteiger partial charge in [0.1, 0.15) is 5.76 Å². The molecule has 0 amide bonds. The van der Waals surface area contributed by atoms with E-state index < -0.39 is 5.97 Å². The normalized spacial score (nSPS) is 10.0. The molecule has 1 N–H and O–H groups in total. The predicted octanol–water partition coefficient (Wildman–Crippen LogP) is 0.386. The lowest BCUT2D eigenvalue weighted by Crippen LogP contribution is -2.04. The fourth-order valence-corrected chi connectivity index (χ4v) is 0.842. The van der Waals surface area contributed by atoms with E-state index in [-0.39, 0.29) is 12.3 Å². The zero-order valence-corrected chi connectivity index (χ0v) is 7.32. The smallest absolute Gasteiger partial charge is 0.360 e. The van der Waals surface area contributed by atoms with Crippen LogP contribution in [0.3, 0.4) is 0 Å². The van der Waals surface area contributed by atoms with Crippen molar-refractivity contribution in [3.63, 3.8) is 0 Å². The van der Waals surface area contributed by atoms with Crippen LogP contribution < -0.4 is 0 Å². The standard InChI is InChI=1S/C8H11NO4/c1-2-12-8(11)7-5-6(3-4-10)13-9-7/h5,10H,2-4H2,1H3. The molecule has 0 aliphatic carbocycles. The second kappa shape index (κ2) is 4.61. The Morgan fingerprint density at radius 1 is 1.77 bits per heavy atom. The molecule has 0 aliphatic rings. The molecule has 0 aromatic carbocycles. The molecule has 72 valence electrons. The van der Waals surface area contributed by atoms with Gasteiger partial charge in [-0.25, -0.2) is 4.79 Å². The van der Waals surface area contributed by atoms with Gasteiger partial charge in [0.2, 0.25) is 0 Å². The van der Waals surface area contributed by atoms with Crippen LogP contribution in [0.5, 0.6) is 0 Å². The monoisotopic (exact) mass is 185 g/mol. The quantitative estimate of drug-likeness (QED) is 0.687. The molecule has 13 heavy (non-hydrogen) atoms. The molecule has 0 fully saturated rings. The maximum Gasteiger partial charge on any atom is 0.360 e. The minimum Gasteiger partial charge on any atom is -0.461 e. The van der Waals surface area contributed by atoms with Crippen LogP contribution in [0.15, 0.2) is 10.6 Å². The van der Waals surface area contributed by atoms with Gasteiger partial charge in [-0.05, 0) is 6.92 Å². The van der Waals surface area contributed by atoms with E-state index in [1.807, 2.05) is 0 Å². The lowest BCUT2D eigenvalue weighted by atomic mass is 10.3. The van der Waals surface area contributed by atoms with Gasteiger partial charge in [-0.2, -0.15) is 0 Å². The van der Waals surface area contributed by atoms with Crippen molar-refractivity contribution in [2.45, 2.75) is 13.3 Å². The van der Waals surface area contributed by atoms with Gasteiger partial charge in [0.25, 0.3) is 0 Å². The van der Waals surface area contributed by atoms with E-state index in [1.165, 1.54) is 6.07 Å². The fraction of sp³-hybridized carbons (Fsp3) is 0.500.